The zero-order chi connectivity index (χ0) is 86.9. The second-order valence-electron chi connectivity index (χ2n) is 29.8. The van der Waals surface area contributed by atoms with E-state index in [2.05, 4.69) is 57.7 Å². The highest BCUT2D eigenvalue weighted by atomic mass is 32.2. The third-order valence-electron chi connectivity index (χ3n) is 20.3. The van der Waals surface area contributed by atoms with Gasteiger partial charge in [-0.2, -0.15) is 23.5 Å². The van der Waals surface area contributed by atoms with Crippen molar-refractivity contribution >= 4 is 113 Å². The van der Waals surface area contributed by atoms with Crippen LogP contribution in [0.15, 0.2) is 59.6 Å². The number of benzene rings is 2. The van der Waals surface area contributed by atoms with Crippen molar-refractivity contribution in [3.8, 4) is 0 Å². The van der Waals surface area contributed by atoms with Gasteiger partial charge in [0, 0.05) is 153 Å². The van der Waals surface area contributed by atoms with E-state index in [1.165, 1.54) is 53.4 Å². The molecule has 0 aromatic heterocycles. The van der Waals surface area contributed by atoms with Gasteiger partial charge in [0.25, 0.3) is 5.91 Å². The molecule has 2 aromatic rings. The van der Waals surface area contributed by atoms with Crippen LogP contribution in [0.2, 0.25) is 0 Å². The van der Waals surface area contributed by atoms with E-state index in [4.69, 9.17) is 31.4 Å². The molecule has 2 aromatic carbocycles. The number of rotatable bonds is 60. The summed E-state index contributed by atoms with van der Waals surface area (Å²) in [6.45, 7) is 15.7. The van der Waals surface area contributed by atoms with Crippen LogP contribution in [0.1, 0.15) is 134 Å². The number of primary amides is 2. The minimum absolute atomic E-state index is 0.0406. The Balaban J connectivity index is 1.10. The Morgan fingerprint density at radius 2 is 1.16 bits per heavy atom. The van der Waals surface area contributed by atoms with Crippen molar-refractivity contribution in [2.24, 2.45) is 39.9 Å². The quantitative estimate of drug-likeness (QED) is 0.0274. The minimum Gasteiger partial charge on any atom is -0.481 e. The molecular weight excluding hydrogens is 1580 g/mol. The Morgan fingerprint density at radius 3 is 1.78 bits per heavy atom. The summed E-state index contributed by atoms with van der Waals surface area (Å²) < 4.78 is 16.9. The Kier molecular flexibility index (Phi) is 48.7. The summed E-state index contributed by atoms with van der Waals surface area (Å²) in [6.07, 6.45) is 3.09. The number of thioether (sulfide) groups is 2. The third-order valence-corrected chi connectivity index (χ3v) is 22.5. The number of carbonyl (C=O) groups is 14. The molecule has 10 atom stereocenters. The maximum Gasteiger partial charge on any atom is 0.305 e. The number of aliphatic hydroxyl groups is 1. The van der Waals surface area contributed by atoms with Crippen LogP contribution in [0, 0.1) is 17.8 Å². The molecule has 36 nitrogen and oxygen atoms in total. The lowest BCUT2D eigenvalue weighted by Gasteiger charge is -2.36. The molecule has 0 saturated carbocycles. The molecule has 0 bridgehead atoms. The van der Waals surface area contributed by atoms with E-state index in [1.54, 1.807) is 30.3 Å². The third kappa shape index (κ3) is 39.1. The molecule has 0 aliphatic carbocycles. The summed E-state index contributed by atoms with van der Waals surface area (Å²) in [5.41, 5.74) is 19.0. The smallest absolute Gasteiger partial charge is 0.305 e. The number of aliphatic imine (C=N–C) groups is 1. The number of hydrogen-bond acceptors (Lipinski definition) is 24. The number of aliphatic hydroxyl groups excluding tert-OH is 1. The zero-order valence-corrected chi connectivity index (χ0v) is 71.1. The van der Waals surface area contributed by atoms with Crippen molar-refractivity contribution in [1.82, 2.24) is 67.5 Å². The van der Waals surface area contributed by atoms with E-state index < -0.39 is 126 Å². The Labute approximate surface area is 706 Å². The molecule has 3 fully saturated rings. The van der Waals surface area contributed by atoms with E-state index in [9.17, 15) is 77.3 Å². The molecule has 119 heavy (non-hydrogen) atoms. The standard InChI is InChI=1S/C81H129N17O19S2/c1-5-7-20-62(91-70(102)26-25-69(101)87-29-14-39-115-41-43-117-44-42-116-40-15-30-88-71(103)50-95-35-37-96(38-36-95)79(112)60(47-85-6-2)48-86-32-28-82)75(108)90-49-61(80(113)98-34-13-22-67(98)81(114)97-33-12-21-66(97)73(84)106)53-118-51-58-18-11-19-59(45-58)52-119-54-65(76(109)89-31-27-72(104)105)94-78(111)64(46-57-16-9-8-10-17-57)93-77(110)63(23-24-68(83)100)92-74(107)55(3)56(4)99/h8-11,16-19,45,49,55-56,60-67,85-86,99H,5-7,12-15,20-44,46-48,50-54,82H2,1-4H3,(H2,83,100)(H2,84,106)(H,87,101)(H,88,103)(H,89,109)(H,91,102)(H,92,107)(H,93,110)(H,94,111)(H,104,105)/t55-,56+,60?,61?,62-,63-,64-,65-,66-,67-/m0/s1. The van der Waals surface area contributed by atoms with Gasteiger partial charge in [-0.05, 0) is 81.5 Å². The number of hydrogen-bond donors (Lipinski definition) is 14. The van der Waals surface area contributed by atoms with E-state index >= 15 is 0 Å². The number of carboxylic acid groups (broad SMARTS) is 1. The molecule has 3 saturated heterocycles. The van der Waals surface area contributed by atoms with Gasteiger partial charge >= 0.3 is 5.97 Å². The number of piperazine rings is 1. The maximum absolute atomic E-state index is 14.8. The number of aliphatic carboxylic acids is 1. The maximum atomic E-state index is 14.8. The molecular formula is C81H129N17O19S2. The summed E-state index contributed by atoms with van der Waals surface area (Å²) >= 11 is 2.62. The summed E-state index contributed by atoms with van der Waals surface area (Å²) in [7, 11) is 0. The first-order chi connectivity index (χ1) is 57.2. The van der Waals surface area contributed by atoms with Crippen LogP contribution in [-0.4, -0.2) is 310 Å². The second-order valence-corrected chi connectivity index (χ2v) is 31.9. The molecule has 3 aliphatic rings. The Bertz CT molecular complexity index is 3570. The first-order valence-electron chi connectivity index (χ1n) is 41.5. The highest BCUT2D eigenvalue weighted by molar-refractivity contribution is 7.98. The first kappa shape index (κ1) is 101. The highest BCUT2D eigenvalue weighted by Crippen LogP contribution is 2.28. The number of carbonyl (C=O) groups excluding carboxylic acids is 13. The average molecular weight is 1710 g/mol. The number of nitrogens with two attached hydrogens (primary N) is 3. The monoisotopic (exact) mass is 1710 g/mol. The zero-order valence-electron chi connectivity index (χ0n) is 69.5. The van der Waals surface area contributed by atoms with Gasteiger partial charge in [0.05, 0.1) is 63.3 Å². The van der Waals surface area contributed by atoms with Crippen LogP contribution in [0.4, 0.5) is 0 Å². The fourth-order valence-corrected chi connectivity index (χ4v) is 15.3. The van der Waals surface area contributed by atoms with E-state index in [-0.39, 0.29) is 93.3 Å². The molecule has 3 aliphatic heterocycles. The number of unbranched alkanes of at least 4 members (excludes halogenated alkanes) is 1. The molecule has 0 spiro atoms. The molecule has 664 valence electrons. The van der Waals surface area contributed by atoms with Crippen molar-refractivity contribution in [2.45, 2.75) is 178 Å². The molecule has 13 amide bonds. The number of nitrogens with one attached hydrogen (secondary N) is 9. The topological polar surface area (TPSA) is 519 Å². The second kappa shape index (κ2) is 57.5. The van der Waals surface area contributed by atoms with Gasteiger partial charge < -0.3 is 104 Å². The Hall–Kier alpha value is -8.73. The Morgan fingerprint density at radius 1 is 0.571 bits per heavy atom. The fourth-order valence-electron chi connectivity index (χ4n) is 13.3. The lowest BCUT2D eigenvalue weighted by atomic mass is 10.0. The molecule has 0 radical (unpaired) electrons. The van der Waals surface area contributed by atoms with E-state index in [1.807, 2.05) is 43.0 Å². The SMILES string of the molecule is CCCC[C@H](NC(=O)CCC(=O)NCCCOCCOCCOCCCNC(=O)CN1CCN(C(=O)C(CNCC)CNCCN)CC1)C(=O)N=CC(CSCc1cccc(CSC[C@H](NC(=O)[C@H](Cc2ccccc2)NC(=O)[C@H](CCC(N)=O)NC(=O)[C@@H](C)[C@@H](C)O)C(=O)NCCC(=O)O)c1)C(=O)N1CCC[C@H]1C(=O)N1CCC[C@H]1C(N)=O. The number of likely N-dealkylation sites (tertiary alicyclic amines) is 2. The predicted octanol–water partition coefficient (Wildman–Crippen LogP) is -1.16. The van der Waals surface area contributed by atoms with Gasteiger partial charge in [0.1, 0.15) is 36.3 Å². The van der Waals surface area contributed by atoms with Gasteiger partial charge in [-0.3, -0.25) is 72.0 Å². The van der Waals surface area contributed by atoms with Gasteiger partial charge in [-0.1, -0.05) is 88.2 Å². The number of carboxylic acids is 1. The summed E-state index contributed by atoms with van der Waals surface area (Å²) in [4.78, 5) is 197. The van der Waals surface area contributed by atoms with Crippen LogP contribution in [0.5, 0.6) is 0 Å². The largest absolute Gasteiger partial charge is 0.481 e. The van der Waals surface area contributed by atoms with Crippen molar-refractivity contribution in [3.05, 3.63) is 71.3 Å². The number of amides is 13. The lowest BCUT2D eigenvalue weighted by Crippen LogP contribution is -2.58. The van der Waals surface area contributed by atoms with Gasteiger partial charge in [-0.15, -0.1) is 0 Å². The molecule has 2 unspecified atom stereocenters. The molecule has 3 heterocycles. The van der Waals surface area contributed by atoms with Crippen molar-refractivity contribution in [2.75, 3.05) is 149 Å². The van der Waals surface area contributed by atoms with Crippen LogP contribution in [-0.2, 0) is 99.3 Å². The lowest BCUT2D eigenvalue weighted by molar-refractivity contribution is -0.146. The highest BCUT2D eigenvalue weighted by Gasteiger charge is 2.43. The van der Waals surface area contributed by atoms with Crippen LogP contribution < -0.4 is 65.1 Å². The van der Waals surface area contributed by atoms with Crippen molar-refractivity contribution in [3.63, 3.8) is 0 Å². The summed E-state index contributed by atoms with van der Waals surface area (Å²) in [6, 6.07) is 9.31. The number of nitrogens with zero attached hydrogens (tertiary/aromatic N) is 5. The van der Waals surface area contributed by atoms with Crippen molar-refractivity contribution < 1.29 is 91.5 Å². The molecule has 38 heteroatoms. The van der Waals surface area contributed by atoms with Crippen molar-refractivity contribution in [1.29, 1.82) is 0 Å². The van der Waals surface area contributed by atoms with Crippen LogP contribution >= 0.6 is 23.5 Å². The van der Waals surface area contributed by atoms with Gasteiger partial charge in [-0.25, -0.2) is 4.99 Å². The van der Waals surface area contributed by atoms with Crippen LogP contribution in [0.25, 0.3) is 0 Å². The first-order valence-corrected chi connectivity index (χ1v) is 43.9. The normalized spacial score (nSPS) is 16.9. The van der Waals surface area contributed by atoms with E-state index in [0.29, 0.717) is 180 Å². The van der Waals surface area contributed by atoms with E-state index in [0.717, 1.165) is 17.7 Å². The predicted molar refractivity (Wildman–Crippen MR) is 450 cm³/mol. The molecule has 17 N–H and O–H groups in total. The average Bonchev–Trinajstić information content (AvgIpc) is 1.66. The summed E-state index contributed by atoms with van der Waals surface area (Å²) in [5.74, 6) is -9.59. The molecule has 5 rings (SSSR count). The minimum atomic E-state index is -1.36. The number of ether oxygens (including phenoxy) is 3. The summed E-state index contributed by atoms with van der Waals surface area (Å²) in [5, 5.41) is 45.0. The van der Waals surface area contributed by atoms with Crippen LogP contribution in [0.3, 0.4) is 0 Å². The fraction of sp³-hybridized carbons (Fsp3) is 0.667. The van der Waals surface area contributed by atoms with Gasteiger partial charge in [0.2, 0.25) is 70.9 Å². The van der Waals surface area contributed by atoms with Gasteiger partial charge in [0.15, 0.2) is 0 Å².